The maximum absolute atomic E-state index is 12.4. The van der Waals surface area contributed by atoms with E-state index in [1.165, 1.54) is 60.7 Å². The van der Waals surface area contributed by atoms with Gasteiger partial charge in [0.2, 0.25) is 0 Å². The first kappa shape index (κ1) is 24.3. The number of ether oxygens (including phenoxy) is 1. The molecule has 0 bridgehead atoms. The summed E-state index contributed by atoms with van der Waals surface area (Å²) in [6.45, 7) is -1.27. The summed E-state index contributed by atoms with van der Waals surface area (Å²) in [6, 6.07) is 17.8. The zero-order valence-corrected chi connectivity index (χ0v) is 19.5. The number of sulfonamides is 1. The van der Waals surface area contributed by atoms with Crippen LogP contribution in [0.15, 0.2) is 87.3 Å². The molecule has 0 aromatic heterocycles. The molecule has 0 saturated carbocycles. The van der Waals surface area contributed by atoms with Gasteiger partial charge in [0.15, 0.2) is 0 Å². The fourth-order valence-electron chi connectivity index (χ4n) is 2.66. The molecular formula is C22H18BrF2N3O4S. The minimum absolute atomic E-state index is 0.0152. The summed E-state index contributed by atoms with van der Waals surface area (Å²) in [7, 11) is -3.77. The molecule has 3 aromatic rings. The maximum Gasteiger partial charge on any atom is 0.387 e. The van der Waals surface area contributed by atoms with Crippen LogP contribution >= 0.6 is 15.9 Å². The van der Waals surface area contributed by atoms with E-state index in [1.54, 1.807) is 19.1 Å². The van der Waals surface area contributed by atoms with Crippen molar-refractivity contribution in [3.8, 4) is 5.75 Å². The molecule has 0 spiro atoms. The summed E-state index contributed by atoms with van der Waals surface area (Å²) < 4.78 is 56.8. The molecule has 0 radical (unpaired) electrons. The van der Waals surface area contributed by atoms with E-state index >= 15 is 0 Å². The van der Waals surface area contributed by atoms with Gasteiger partial charge in [0.25, 0.3) is 15.9 Å². The molecule has 2 N–H and O–H groups in total. The van der Waals surface area contributed by atoms with Gasteiger partial charge < -0.3 is 4.74 Å². The van der Waals surface area contributed by atoms with Gasteiger partial charge in [0.1, 0.15) is 5.75 Å². The van der Waals surface area contributed by atoms with E-state index < -0.39 is 22.5 Å². The number of hydrogen-bond acceptors (Lipinski definition) is 5. The average molecular weight is 538 g/mol. The van der Waals surface area contributed by atoms with Gasteiger partial charge in [0, 0.05) is 15.7 Å². The molecule has 0 aliphatic carbocycles. The summed E-state index contributed by atoms with van der Waals surface area (Å²) in [5.41, 5.74) is 4.01. The van der Waals surface area contributed by atoms with Crippen LogP contribution in [0, 0.1) is 0 Å². The second kappa shape index (κ2) is 10.5. The van der Waals surface area contributed by atoms with Gasteiger partial charge in [-0.3, -0.25) is 9.52 Å². The predicted molar refractivity (Wildman–Crippen MR) is 124 cm³/mol. The van der Waals surface area contributed by atoms with Crippen LogP contribution in [0.4, 0.5) is 14.5 Å². The number of hydrogen-bond donors (Lipinski definition) is 2. The fourth-order valence-corrected chi connectivity index (χ4v) is 3.98. The first-order valence-electron chi connectivity index (χ1n) is 9.42. The minimum Gasteiger partial charge on any atom is -0.435 e. The monoisotopic (exact) mass is 537 g/mol. The number of hydrazone groups is 1. The Morgan fingerprint density at radius 3 is 2.09 bits per heavy atom. The number of rotatable bonds is 8. The summed E-state index contributed by atoms with van der Waals surface area (Å²) >= 11 is 3.25. The highest BCUT2D eigenvalue weighted by Crippen LogP contribution is 2.19. The first-order valence-corrected chi connectivity index (χ1v) is 11.7. The van der Waals surface area contributed by atoms with Gasteiger partial charge in [-0.25, -0.2) is 13.8 Å². The number of amides is 1. The SMILES string of the molecule is C/C(=N/NC(=O)c1ccc(NS(=O)(=O)c2ccc(Br)cc2)cc1)c1ccc(OC(F)F)cc1. The molecule has 7 nitrogen and oxygen atoms in total. The van der Waals surface area contributed by atoms with Crippen LogP contribution in [0.25, 0.3) is 0 Å². The van der Waals surface area contributed by atoms with Crippen molar-refractivity contribution in [3.63, 3.8) is 0 Å². The largest absolute Gasteiger partial charge is 0.435 e. The minimum atomic E-state index is -3.77. The highest BCUT2D eigenvalue weighted by molar-refractivity contribution is 9.10. The van der Waals surface area contributed by atoms with Crippen molar-refractivity contribution in [2.75, 3.05) is 4.72 Å². The van der Waals surface area contributed by atoms with Gasteiger partial charge in [0.05, 0.1) is 10.6 Å². The fraction of sp³-hybridized carbons (Fsp3) is 0.0909. The second-order valence-corrected chi connectivity index (χ2v) is 9.28. The Hall–Kier alpha value is -3.31. The van der Waals surface area contributed by atoms with E-state index in [9.17, 15) is 22.0 Å². The average Bonchev–Trinajstić information content (AvgIpc) is 2.78. The van der Waals surface area contributed by atoms with E-state index in [0.29, 0.717) is 17.0 Å². The van der Waals surface area contributed by atoms with Crippen molar-refractivity contribution < 1.29 is 26.7 Å². The van der Waals surface area contributed by atoms with Crippen molar-refractivity contribution in [2.24, 2.45) is 5.10 Å². The number of benzene rings is 3. The molecule has 3 aromatic carbocycles. The maximum atomic E-state index is 12.4. The van der Waals surface area contributed by atoms with E-state index in [2.05, 4.69) is 35.9 Å². The first-order chi connectivity index (χ1) is 15.6. The molecule has 33 heavy (non-hydrogen) atoms. The lowest BCUT2D eigenvalue weighted by Gasteiger charge is -2.09. The Morgan fingerprint density at radius 1 is 0.939 bits per heavy atom. The number of anilines is 1. The van der Waals surface area contributed by atoms with Crippen molar-refractivity contribution in [1.29, 1.82) is 0 Å². The third-order valence-electron chi connectivity index (χ3n) is 4.35. The number of carbonyl (C=O) groups is 1. The van der Waals surface area contributed by atoms with E-state index in [0.717, 1.165) is 4.47 Å². The van der Waals surface area contributed by atoms with Crippen molar-refractivity contribution in [3.05, 3.63) is 88.4 Å². The molecule has 0 heterocycles. The third kappa shape index (κ3) is 6.83. The molecule has 0 unspecified atom stereocenters. The Balaban J connectivity index is 1.62. The lowest BCUT2D eigenvalue weighted by atomic mass is 10.1. The Morgan fingerprint density at radius 2 is 1.52 bits per heavy atom. The van der Waals surface area contributed by atoms with Gasteiger partial charge in [-0.2, -0.15) is 13.9 Å². The van der Waals surface area contributed by atoms with Crippen LogP contribution in [0.2, 0.25) is 0 Å². The summed E-state index contributed by atoms with van der Waals surface area (Å²) in [4.78, 5) is 12.4. The van der Waals surface area contributed by atoms with Crippen LogP contribution in [0.3, 0.4) is 0 Å². The van der Waals surface area contributed by atoms with Crippen molar-refractivity contribution in [1.82, 2.24) is 5.43 Å². The number of nitrogens with zero attached hydrogens (tertiary/aromatic N) is 1. The normalized spacial score (nSPS) is 11.8. The zero-order valence-electron chi connectivity index (χ0n) is 17.1. The molecule has 172 valence electrons. The molecular weight excluding hydrogens is 520 g/mol. The molecule has 1 amide bonds. The molecule has 0 aliphatic heterocycles. The lowest BCUT2D eigenvalue weighted by molar-refractivity contribution is -0.0498. The smallest absolute Gasteiger partial charge is 0.387 e. The highest BCUT2D eigenvalue weighted by Gasteiger charge is 2.14. The summed E-state index contributed by atoms with van der Waals surface area (Å²) in [6.07, 6.45) is 0. The van der Waals surface area contributed by atoms with Crippen LogP contribution in [-0.2, 0) is 10.0 Å². The van der Waals surface area contributed by atoms with Crippen LogP contribution < -0.4 is 14.9 Å². The van der Waals surface area contributed by atoms with Gasteiger partial charge in [-0.15, -0.1) is 0 Å². The second-order valence-electron chi connectivity index (χ2n) is 6.68. The Kier molecular flexibility index (Phi) is 7.77. The lowest BCUT2D eigenvalue weighted by Crippen LogP contribution is -2.19. The van der Waals surface area contributed by atoms with Crippen LogP contribution in [-0.4, -0.2) is 26.6 Å². The number of carbonyl (C=O) groups excluding carboxylic acids is 1. The predicted octanol–water partition coefficient (Wildman–Crippen LogP) is 5.01. The molecule has 11 heteroatoms. The standard InChI is InChI=1S/C22H18BrF2N3O4S/c1-14(15-4-10-19(11-5-15)32-22(24)25)26-27-21(29)16-2-8-18(9-3-16)28-33(30,31)20-12-6-17(23)7-13-20/h2-13,22,28H,1H3,(H,27,29)/b26-14-. The molecule has 3 rings (SSSR count). The summed E-state index contributed by atoms with van der Waals surface area (Å²) in [5, 5.41) is 4.00. The van der Waals surface area contributed by atoms with Gasteiger partial charge >= 0.3 is 6.61 Å². The molecule has 0 aliphatic rings. The Labute approximate surface area is 197 Å². The topological polar surface area (TPSA) is 96.9 Å². The number of alkyl halides is 2. The highest BCUT2D eigenvalue weighted by atomic mass is 79.9. The van der Waals surface area contributed by atoms with Crippen LogP contribution in [0.5, 0.6) is 5.75 Å². The van der Waals surface area contributed by atoms with E-state index in [1.807, 2.05) is 0 Å². The van der Waals surface area contributed by atoms with Gasteiger partial charge in [-0.1, -0.05) is 15.9 Å². The quantitative estimate of drug-likeness (QED) is 0.312. The molecule has 0 fully saturated rings. The Bertz CT molecular complexity index is 1250. The van der Waals surface area contributed by atoms with Crippen LogP contribution in [0.1, 0.15) is 22.8 Å². The van der Waals surface area contributed by atoms with E-state index in [4.69, 9.17) is 0 Å². The molecule has 0 saturated heterocycles. The van der Waals surface area contributed by atoms with Gasteiger partial charge in [-0.05, 0) is 85.3 Å². The molecule has 0 atom stereocenters. The number of nitrogens with one attached hydrogen (secondary N) is 2. The van der Waals surface area contributed by atoms with Crippen molar-refractivity contribution >= 4 is 43.3 Å². The third-order valence-corrected chi connectivity index (χ3v) is 6.27. The van der Waals surface area contributed by atoms with E-state index in [-0.39, 0.29) is 16.2 Å². The van der Waals surface area contributed by atoms with Crippen molar-refractivity contribution in [2.45, 2.75) is 18.4 Å². The summed E-state index contributed by atoms with van der Waals surface area (Å²) in [5.74, 6) is -0.490. The number of halogens is 3. The zero-order chi connectivity index (χ0) is 24.0.